The van der Waals surface area contributed by atoms with Crippen molar-refractivity contribution in [1.82, 2.24) is 4.90 Å². The predicted octanol–water partition coefficient (Wildman–Crippen LogP) is 2.38. The second-order valence-corrected chi connectivity index (χ2v) is 4.22. The van der Waals surface area contributed by atoms with Crippen LogP contribution in [0.5, 0.6) is 11.5 Å². The molecule has 0 aliphatic heterocycles. The Morgan fingerprint density at radius 2 is 1.69 bits per heavy atom. The van der Waals surface area contributed by atoms with E-state index in [2.05, 4.69) is 0 Å². The molecule has 90 valence electrons. The van der Waals surface area contributed by atoms with Gasteiger partial charge in [-0.3, -0.25) is 4.90 Å². The monoisotopic (exact) mass is 263 g/mol. The van der Waals surface area contributed by atoms with Gasteiger partial charge in [0, 0.05) is 37.0 Å². The van der Waals surface area contributed by atoms with Crippen LogP contribution in [0.1, 0.15) is 5.56 Å². The largest absolute Gasteiger partial charge is 0.508 e. The summed E-state index contributed by atoms with van der Waals surface area (Å²) < 4.78 is 0. The van der Waals surface area contributed by atoms with Crippen LogP contribution in [0.15, 0.2) is 18.2 Å². The van der Waals surface area contributed by atoms with Gasteiger partial charge in [-0.2, -0.15) is 0 Å². The van der Waals surface area contributed by atoms with Crippen LogP contribution in [0.4, 0.5) is 0 Å². The van der Waals surface area contributed by atoms with Gasteiger partial charge in [0.15, 0.2) is 0 Å². The Labute approximate surface area is 105 Å². The summed E-state index contributed by atoms with van der Waals surface area (Å²) in [7, 11) is 0. The lowest BCUT2D eigenvalue weighted by molar-refractivity contribution is 0.293. The Morgan fingerprint density at radius 1 is 1.06 bits per heavy atom. The summed E-state index contributed by atoms with van der Waals surface area (Å²) in [5, 5.41) is 18.9. The number of hydrogen-bond donors (Lipinski definition) is 2. The van der Waals surface area contributed by atoms with Crippen LogP contribution < -0.4 is 0 Å². The maximum atomic E-state index is 9.62. The molecule has 0 aliphatic rings. The van der Waals surface area contributed by atoms with Gasteiger partial charge in [-0.15, -0.1) is 23.2 Å². The molecule has 3 nitrogen and oxygen atoms in total. The molecule has 0 aromatic heterocycles. The molecule has 0 bridgehead atoms. The van der Waals surface area contributed by atoms with Gasteiger partial charge in [-0.05, 0) is 18.2 Å². The highest BCUT2D eigenvalue weighted by Gasteiger charge is 2.08. The van der Waals surface area contributed by atoms with Crippen molar-refractivity contribution in [3.63, 3.8) is 0 Å². The first-order valence-corrected chi connectivity index (χ1v) is 6.09. The molecule has 0 unspecified atom stereocenters. The quantitative estimate of drug-likeness (QED) is 0.612. The van der Waals surface area contributed by atoms with Crippen LogP contribution in [-0.2, 0) is 6.54 Å². The van der Waals surface area contributed by atoms with E-state index in [0.29, 0.717) is 37.0 Å². The van der Waals surface area contributed by atoms with Gasteiger partial charge in [-0.25, -0.2) is 0 Å². The number of phenols is 2. The van der Waals surface area contributed by atoms with Gasteiger partial charge in [0.2, 0.25) is 0 Å². The predicted molar refractivity (Wildman–Crippen MR) is 66.5 cm³/mol. The van der Waals surface area contributed by atoms with E-state index in [-0.39, 0.29) is 11.5 Å². The zero-order chi connectivity index (χ0) is 12.0. The van der Waals surface area contributed by atoms with Crippen molar-refractivity contribution in [2.24, 2.45) is 0 Å². The molecule has 0 saturated carbocycles. The third-order valence-electron chi connectivity index (χ3n) is 2.26. The molecule has 0 atom stereocenters. The molecule has 5 heteroatoms. The summed E-state index contributed by atoms with van der Waals surface area (Å²) in [5.74, 6) is 1.34. The van der Waals surface area contributed by atoms with Gasteiger partial charge < -0.3 is 10.2 Å². The van der Waals surface area contributed by atoms with Gasteiger partial charge >= 0.3 is 0 Å². The first-order chi connectivity index (χ1) is 7.67. The second-order valence-electron chi connectivity index (χ2n) is 3.47. The number of rotatable bonds is 6. The van der Waals surface area contributed by atoms with Crippen LogP contribution in [0, 0.1) is 0 Å². The van der Waals surface area contributed by atoms with E-state index in [1.807, 2.05) is 4.90 Å². The Kier molecular flexibility index (Phi) is 5.74. The molecule has 1 aromatic rings. The Hall–Kier alpha value is -0.640. The summed E-state index contributed by atoms with van der Waals surface area (Å²) in [6.45, 7) is 1.92. The fourth-order valence-corrected chi connectivity index (χ4v) is 1.93. The van der Waals surface area contributed by atoms with Crippen molar-refractivity contribution < 1.29 is 10.2 Å². The number of phenolic OH excluding ortho intramolecular Hbond substituents is 2. The number of halogens is 2. The van der Waals surface area contributed by atoms with Crippen LogP contribution >= 0.6 is 23.2 Å². The van der Waals surface area contributed by atoms with Gasteiger partial charge in [0.25, 0.3) is 0 Å². The second kappa shape index (κ2) is 6.84. The lowest BCUT2D eigenvalue weighted by Crippen LogP contribution is -2.27. The molecule has 1 aromatic carbocycles. The molecule has 0 spiro atoms. The Morgan fingerprint density at radius 3 is 2.25 bits per heavy atom. The van der Waals surface area contributed by atoms with Crippen LogP contribution in [0.25, 0.3) is 0 Å². The number of hydrogen-bond acceptors (Lipinski definition) is 3. The maximum absolute atomic E-state index is 9.62. The molecular weight excluding hydrogens is 249 g/mol. The van der Waals surface area contributed by atoms with E-state index >= 15 is 0 Å². The van der Waals surface area contributed by atoms with Crippen molar-refractivity contribution in [3.05, 3.63) is 23.8 Å². The molecule has 0 heterocycles. The number of alkyl halides is 2. The lowest BCUT2D eigenvalue weighted by atomic mass is 10.1. The van der Waals surface area contributed by atoms with E-state index in [9.17, 15) is 10.2 Å². The average molecular weight is 264 g/mol. The van der Waals surface area contributed by atoms with Gasteiger partial charge in [0.05, 0.1) is 0 Å². The molecule has 2 N–H and O–H groups in total. The van der Waals surface area contributed by atoms with E-state index in [1.54, 1.807) is 6.07 Å². The minimum atomic E-state index is 0.143. The zero-order valence-corrected chi connectivity index (χ0v) is 10.4. The summed E-state index contributed by atoms with van der Waals surface area (Å²) >= 11 is 11.3. The van der Waals surface area contributed by atoms with Gasteiger partial charge in [0.1, 0.15) is 11.5 Å². The molecule has 0 fully saturated rings. The fourth-order valence-electron chi connectivity index (χ4n) is 1.45. The van der Waals surface area contributed by atoms with E-state index < -0.39 is 0 Å². The van der Waals surface area contributed by atoms with Crippen molar-refractivity contribution in [1.29, 1.82) is 0 Å². The standard InChI is InChI=1S/C11H15Cl2NO2/c12-3-5-14(6-4-13)8-9-7-10(15)1-2-11(9)16/h1-2,7,15-16H,3-6,8H2. The summed E-state index contributed by atoms with van der Waals surface area (Å²) in [4.78, 5) is 2.02. The molecule has 0 radical (unpaired) electrons. The molecule has 0 saturated heterocycles. The Balaban J connectivity index is 2.71. The third-order valence-corrected chi connectivity index (χ3v) is 2.60. The fraction of sp³-hybridized carbons (Fsp3) is 0.455. The van der Waals surface area contributed by atoms with Gasteiger partial charge in [-0.1, -0.05) is 0 Å². The number of nitrogens with zero attached hydrogens (tertiary/aromatic N) is 1. The minimum absolute atomic E-state index is 0.143. The van der Waals surface area contributed by atoms with E-state index in [4.69, 9.17) is 23.2 Å². The molecule has 0 amide bonds. The van der Waals surface area contributed by atoms with Crippen LogP contribution in [0.2, 0.25) is 0 Å². The van der Waals surface area contributed by atoms with Crippen LogP contribution in [-0.4, -0.2) is 40.0 Å². The van der Waals surface area contributed by atoms with E-state index in [1.165, 1.54) is 12.1 Å². The number of aromatic hydroxyl groups is 2. The van der Waals surface area contributed by atoms with Crippen molar-refractivity contribution in [3.8, 4) is 11.5 Å². The molecule has 0 aliphatic carbocycles. The highest BCUT2D eigenvalue weighted by Crippen LogP contribution is 2.23. The van der Waals surface area contributed by atoms with E-state index in [0.717, 1.165) is 0 Å². The highest BCUT2D eigenvalue weighted by atomic mass is 35.5. The summed E-state index contributed by atoms with van der Waals surface area (Å²) in [6, 6.07) is 4.47. The first-order valence-electron chi connectivity index (χ1n) is 5.02. The maximum Gasteiger partial charge on any atom is 0.120 e. The first kappa shape index (κ1) is 13.4. The van der Waals surface area contributed by atoms with Crippen LogP contribution in [0.3, 0.4) is 0 Å². The normalized spacial score (nSPS) is 10.9. The zero-order valence-electron chi connectivity index (χ0n) is 8.87. The van der Waals surface area contributed by atoms with Crippen molar-refractivity contribution in [2.75, 3.05) is 24.8 Å². The minimum Gasteiger partial charge on any atom is -0.508 e. The molecule has 16 heavy (non-hydrogen) atoms. The lowest BCUT2D eigenvalue weighted by Gasteiger charge is -2.20. The highest BCUT2D eigenvalue weighted by molar-refractivity contribution is 6.18. The summed E-state index contributed by atoms with van der Waals surface area (Å²) in [5.41, 5.74) is 0.676. The van der Waals surface area contributed by atoms with Crippen molar-refractivity contribution >= 4 is 23.2 Å². The summed E-state index contributed by atoms with van der Waals surface area (Å²) in [6.07, 6.45) is 0. The molecular formula is C11H15Cl2NO2. The topological polar surface area (TPSA) is 43.7 Å². The smallest absolute Gasteiger partial charge is 0.120 e. The average Bonchev–Trinajstić information content (AvgIpc) is 2.24. The molecule has 1 rings (SSSR count). The van der Waals surface area contributed by atoms with Crippen molar-refractivity contribution in [2.45, 2.75) is 6.54 Å². The Bertz CT molecular complexity index is 328. The third kappa shape index (κ3) is 4.08. The SMILES string of the molecule is Oc1ccc(O)c(CN(CCCl)CCCl)c1. The number of benzene rings is 1.